The van der Waals surface area contributed by atoms with Crippen molar-refractivity contribution < 1.29 is 24.2 Å². The van der Waals surface area contributed by atoms with Crippen LogP contribution >= 0.6 is 0 Å². The van der Waals surface area contributed by atoms with E-state index in [-0.39, 0.29) is 6.61 Å². The molecule has 0 saturated heterocycles. The van der Waals surface area contributed by atoms with Crippen molar-refractivity contribution in [3.8, 4) is 0 Å². The molecule has 0 aliphatic heterocycles. The minimum absolute atomic E-state index is 0.363. The zero-order valence-corrected chi connectivity index (χ0v) is 8.02. The quantitative estimate of drug-likeness (QED) is 0.536. The van der Waals surface area contributed by atoms with Crippen LogP contribution in [-0.4, -0.2) is 30.2 Å². The predicted octanol–water partition coefficient (Wildman–Crippen LogP) is -0.478. The first-order valence-corrected chi connectivity index (χ1v) is 3.82. The highest BCUT2D eigenvalue weighted by Crippen LogP contribution is 2.23. The summed E-state index contributed by atoms with van der Waals surface area (Å²) >= 11 is 0. The molecule has 0 heterocycles. The molecule has 0 saturated carbocycles. The van der Waals surface area contributed by atoms with E-state index in [1.54, 1.807) is 0 Å². The number of amides is 2. The van der Waals surface area contributed by atoms with Crippen LogP contribution in [0.25, 0.3) is 0 Å². The summed E-state index contributed by atoms with van der Waals surface area (Å²) in [5.41, 5.74) is 8.52. The number of aliphatic hydroxyl groups is 1. The van der Waals surface area contributed by atoms with E-state index in [0.717, 1.165) is 0 Å². The lowest BCUT2D eigenvalue weighted by molar-refractivity contribution is -0.137. The van der Waals surface area contributed by atoms with Gasteiger partial charge in [0.25, 0.3) is 6.29 Å². The van der Waals surface area contributed by atoms with Gasteiger partial charge in [0.1, 0.15) is 0 Å². The van der Waals surface area contributed by atoms with Gasteiger partial charge in [0.15, 0.2) is 0 Å². The second-order valence-corrected chi connectivity index (χ2v) is 3.35. The number of carbonyl (C=O) groups is 2. The summed E-state index contributed by atoms with van der Waals surface area (Å²) in [5, 5.41) is 8.93. The standard InChI is InChI=1S/C7H14N2O5/c1-7(2,3-10)4(13-5(8)11)14-6(9)12/h4,10H,3H2,1-2H3,(H2,8,11)(H2,9,12). The van der Waals surface area contributed by atoms with Gasteiger partial charge in [-0.1, -0.05) is 13.8 Å². The number of rotatable bonds is 4. The second kappa shape index (κ2) is 4.66. The Kier molecular flexibility index (Phi) is 4.16. The minimum Gasteiger partial charge on any atom is -0.408 e. The Bertz CT molecular complexity index is 212. The summed E-state index contributed by atoms with van der Waals surface area (Å²) in [6.45, 7) is 2.67. The van der Waals surface area contributed by atoms with Crippen molar-refractivity contribution in [3.05, 3.63) is 0 Å². The van der Waals surface area contributed by atoms with Crippen LogP contribution in [0.4, 0.5) is 9.59 Å². The summed E-state index contributed by atoms with van der Waals surface area (Å²) in [4.78, 5) is 20.9. The number of hydrogen-bond acceptors (Lipinski definition) is 5. The first-order chi connectivity index (χ1) is 6.29. The van der Waals surface area contributed by atoms with Crippen molar-refractivity contribution in [2.24, 2.45) is 16.9 Å². The lowest BCUT2D eigenvalue weighted by Gasteiger charge is -2.29. The summed E-state index contributed by atoms with van der Waals surface area (Å²) < 4.78 is 8.95. The zero-order valence-electron chi connectivity index (χ0n) is 8.02. The molecule has 0 unspecified atom stereocenters. The van der Waals surface area contributed by atoms with E-state index in [1.807, 2.05) is 0 Å². The molecule has 0 bridgehead atoms. The molecule has 0 aromatic heterocycles. The molecule has 0 atom stereocenters. The van der Waals surface area contributed by atoms with E-state index in [4.69, 9.17) is 16.6 Å². The largest absolute Gasteiger partial charge is 0.408 e. The fraction of sp³-hybridized carbons (Fsp3) is 0.714. The van der Waals surface area contributed by atoms with Gasteiger partial charge in [0, 0.05) is 0 Å². The molecule has 0 aliphatic rings. The lowest BCUT2D eigenvalue weighted by Crippen LogP contribution is -2.42. The molecule has 0 aromatic rings. The molecule has 0 aromatic carbocycles. The van der Waals surface area contributed by atoms with E-state index in [1.165, 1.54) is 13.8 Å². The SMILES string of the molecule is CC(C)(CO)C(OC(N)=O)OC(N)=O. The highest BCUT2D eigenvalue weighted by atomic mass is 16.7. The number of primary amides is 2. The molecule has 0 fully saturated rings. The summed E-state index contributed by atoms with van der Waals surface area (Å²) in [7, 11) is 0. The molecule has 5 N–H and O–H groups in total. The first-order valence-electron chi connectivity index (χ1n) is 3.82. The van der Waals surface area contributed by atoms with Gasteiger partial charge in [0.2, 0.25) is 0 Å². The molecule has 7 heteroatoms. The number of aliphatic hydroxyl groups excluding tert-OH is 1. The van der Waals surface area contributed by atoms with Crippen molar-refractivity contribution in [1.82, 2.24) is 0 Å². The molecule has 14 heavy (non-hydrogen) atoms. The Morgan fingerprint density at radius 1 is 1.29 bits per heavy atom. The molecular weight excluding hydrogens is 192 g/mol. The minimum atomic E-state index is -1.30. The molecule has 0 rings (SSSR count). The molecule has 2 amide bonds. The predicted molar refractivity (Wildman–Crippen MR) is 46.0 cm³/mol. The maximum atomic E-state index is 10.4. The lowest BCUT2D eigenvalue weighted by atomic mass is 9.94. The van der Waals surface area contributed by atoms with Crippen LogP contribution in [-0.2, 0) is 9.47 Å². The van der Waals surface area contributed by atoms with Gasteiger partial charge in [0.05, 0.1) is 12.0 Å². The fourth-order valence-corrected chi connectivity index (χ4v) is 0.629. The Morgan fingerprint density at radius 3 is 1.86 bits per heavy atom. The van der Waals surface area contributed by atoms with Gasteiger partial charge < -0.3 is 26.0 Å². The van der Waals surface area contributed by atoms with Crippen molar-refractivity contribution >= 4 is 12.2 Å². The summed E-state index contributed by atoms with van der Waals surface area (Å²) in [5.74, 6) is 0. The number of carbonyl (C=O) groups excluding carboxylic acids is 2. The van der Waals surface area contributed by atoms with E-state index in [0.29, 0.717) is 0 Å². The van der Waals surface area contributed by atoms with Gasteiger partial charge in [-0.3, -0.25) is 0 Å². The van der Waals surface area contributed by atoms with Crippen LogP contribution in [0.2, 0.25) is 0 Å². The van der Waals surface area contributed by atoms with Gasteiger partial charge >= 0.3 is 12.2 Å². The maximum Gasteiger partial charge on any atom is 0.407 e. The van der Waals surface area contributed by atoms with Gasteiger partial charge in [-0.05, 0) is 0 Å². The topological polar surface area (TPSA) is 125 Å². The van der Waals surface area contributed by atoms with Crippen LogP contribution < -0.4 is 11.5 Å². The van der Waals surface area contributed by atoms with Crippen molar-refractivity contribution in [2.75, 3.05) is 6.61 Å². The van der Waals surface area contributed by atoms with Gasteiger partial charge in [-0.2, -0.15) is 0 Å². The van der Waals surface area contributed by atoms with E-state index < -0.39 is 23.9 Å². The van der Waals surface area contributed by atoms with E-state index in [2.05, 4.69) is 9.47 Å². The van der Waals surface area contributed by atoms with E-state index in [9.17, 15) is 9.59 Å². The van der Waals surface area contributed by atoms with Crippen LogP contribution in [0.5, 0.6) is 0 Å². The van der Waals surface area contributed by atoms with Gasteiger partial charge in [-0.25, -0.2) is 9.59 Å². The molecule has 0 aliphatic carbocycles. The Hall–Kier alpha value is -1.50. The van der Waals surface area contributed by atoms with Crippen LogP contribution in [0, 0.1) is 5.41 Å². The maximum absolute atomic E-state index is 10.4. The van der Waals surface area contributed by atoms with Gasteiger partial charge in [-0.15, -0.1) is 0 Å². The average molecular weight is 206 g/mol. The number of ether oxygens (including phenoxy) is 2. The molecule has 82 valence electrons. The van der Waals surface area contributed by atoms with Crippen LogP contribution in [0.1, 0.15) is 13.8 Å². The van der Waals surface area contributed by atoms with Crippen LogP contribution in [0.3, 0.4) is 0 Å². The van der Waals surface area contributed by atoms with Crippen molar-refractivity contribution in [3.63, 3.8) is 0 Å². The third kappa shape index (κ3) is 3.94. The number of hydrogen-bond donors (Lipinski definition) is 3. The van der Waals surface area contributed by atoms with Crippen molar-refractivity contribution in [2.45, 2.75) is 20.1 Å². The molecule has 0 spiro atoms. The van der Waals surface area contributed by atoms with E-state index >= 15 is 0 Å². The summed E-state index contributed by atoms with van der Waals surface area (Å²) in [6, 6.07) is 0. The Morgan fingerprint density at radius 2 is 1.64 bits per heavy atom. The Labute approximate surface area is 81.0 Å². The zero-order chi connectivity index (χ0) is 11.4. The molecular formula is C7H14N2O5. The van der Waals surface area contributed by atoms with Crippen LogP contribution in [0.15, 0.2) is 0 Å². The second-order valence-electron chi connectivity index (χ2n) is 3.35. The fourth-order valence-electron chi connectivity index (χ4n) is 0.629. The normalized spacial score (nSPS) is 11.1. The monoisotopic (exact) mass is 206 g/mol. The smallest absolute Gasteiger partial charge is 0.407 e. The first kappa shape index (κ1) is 12.5. The summed E-state index contributed by atoms with van der Waals surface area (Å²) in [6.07, 6.45) is -3.53. The molecule has 7 nitrogen and oxygen atoms in total. The molecule has 0 radical (unpaired) electrons. The highest BCUT2D eigenvalue weighted by molar-refractivity contribution is 5.67. The Balaban J connectivity index is 4.53. The number of nitrogens with two attached hydrogens (primary N) is 2. The highest BCUT2D eigenvalue weighted by Gasteiger charge is 2.35. The average Bonchev–Trinajstić information content (AvgIpc) is 2.01. The van der Waals surface area contributed by atoms with Crippen molar-refractivity contribution in [1.29, 1.82) is 0 Å². The third-order valence-electron chi connectivity index (χ3n) is 1.49. The third-order valence-corrected chi connectivity index (χ3v) is 1.49.